The molecule has 0 spiro atoms. The fourth-order valence-electron chi connectivity index (χ4n) is 2.67. The van der Waals surface area contributed by atoms with Crippen LogP contribution in [-0.2, 0) is 10.0 Å². The van der Waals surface area contributed by atoms with Gasteiger partial charge in [-0.2, -0.15) is 0 Å². The third-order valence-corrected chi connectivity index (χ3v) is 6.29. The SMILES string of the molecule is Cc1ccc(S(=O)(=O)NC2CCCCC2CO)c(Br)c1. The van der Waals surface area contributed by atoms with E-state index in [0.717, 1.165) is 31.2 Å². The minimum absolute atomic E-state index is 0.0164. The summed E-state index contributed by atoms with van der Waals surface area (Å²) in [5.41, 5.74) is 1.00. The Bertz CT molecular complexity index is 574. The van der Waals surface area contributed by atoms with Gasteiger partial charge in [0.15, 0.2) is 0 Å². The molecule has 1 aliphatic carbocycles. The fourth-order valence-corrected chi connectivity index (χ4v) is 5.20. The molecular formula is C14H20BrNO3S. The molecule has 0 aromatic heterocycles. The first-order valence-corrected chi connectivity index (χ1v) is 9.11. The highest BCUT2D eigenvalue weighted by atomic mass is 79.9. The molecule has 0 aliphatic heterocycles. The summed E-state index contributed by atoms with van der Waals surface area (Å²) in [6.45, 7) is 1.94. The van der Waals surface area contributed by atoms with Gasteiger partial charge in [0.05, 0.1) is 4.90 Å². The van der Waals surface area contributed by atoms with Crippen LogP contribution in [0.3, 0.4) is 0 Å². The van der Waals surface area contributed by atoms with Crippen molar-refractivity contribution in [3.63, 3.8) is 0 Å². The summed E-state index contributed by atoms with van der Waals surface area (Å²) < 4.78 is 28.3. The van der Waals surface area contributed by atoms with Crippen LogP contribution in [0.15, 0.2) is 27.6 Å². The van der Waals surface area contributed by atoms with Gasteiger partial charge in [-0.15, -0.1) is 0 Å². The van der Waals surface area contributed by atoms with Crippen molar-refractivity contribution < 1.29 is 13.5 Å². The number of sulfonamides is 1. The maximum atomic E-state index is 12.5. The van der Waals surface area contributed by atoms with Crippen LogP contribution in [0.1, 0.15) is 31.2 Å². The molecule has 112 valence electrons. The number of nitrogens with one attached hydrogen (secondary N) is 1. The van der Waals surface area contributed by atoms with E-state index in [1.54, 1.807) is 18.2 Å². The largest absolute Gasteiger partial charge is 0.396 e. The van der Waals surface area contributed by atoms with Crippen LogP contribution in [0, 0.1) is 12.8 Å². The van der Waals surface area contributed by atoms with E-state index in [4.69, 9.17) is 0 Å². The number of benzene rings is 1. The van der Waals surface area contributed by atoms with Gasteiger partial charge in [-0.1, -0.05) is 18.9 Å². The average molecular weight is 362 g/mol. The summed E-state index contributed by atoms with van der Waals surface area (Å²) in [5.74, 6) is 0.0164. The third-order valence-electron chi connectivity index (χ3n) is 3.83. The molecule has 1 aliphatic rings. The topological polar surface area (TPSA) is 66.4 Å². The molecule has 1 aromatic rings. The number of rotatable bonds is 4. The molecule has 0 heterocycles. The lowest BCUT2D eigenvalue weighted by Crippen LogP contribution is -2.43. The second kappa shape index (κ2) is 6.56. The number of hydrogen-bond acceptors (Lipinski definition) is 3. The van der Waals surface area contributed by atoms with Gasteiger partial charge in [0.25, 0.3) is 0 Å². The number of hydrogen-bond donors (Lipinski definition) is 2. The zero-order chi connectivity index (χ0) is 14.8. The maximum absolute atomic E-state index is 12.5. The van der Waals surface area contributed by atoms with Gasteiger partial charge >= 0.3 is 0 Å². The number of aliphatic hydroxyl groups is 1. The Labute approximate surface area is 128 Å². The third kappa shape index (κ3) is 3.61. The first-order valence-electron chi connectivity index (χ1n) is 6.83. The molecule has 0 amide bonds. The molecular weight excluding hydrogens is 342 g/mol. The molecule has 4 nitrogen and oxygen atoms in total. The lowest BCUT2D eigenvalue weighted by molar-refractivity contribution is 0.164. The van der Waals surface area contributed by atoms with Crippen molar-refractivity contribution in [2.75, 3.05) is 6.61 Å². The fraction of sp³-hybridized carbons (Fsp3) is 0.571. The van der Waals surface area contributed by atoms with Crippen LogP contribution in [0.4, 0.5) is 0 Å². The van der Waals surface area contributed by atoms with Crippen molar-refractivity contribution in [1.82, 2.24) is 4.72 Å². The average Bonchev–Trinajstić information content (AvgIpc) is 2.38. The number of aliphatic hydroxyl groups excluding tert-OH is 1. The van der Waals surface area contributed by atoms with Gasteiger partial charge < -0.3 is 5.11 Å². The number of aryl methyl sites for hydroxylation is 1. The molecule has 20 heavy (non-hydrogen) atoms. The molecule has 2 atom stereocenters. The minimum Gasteiger partial charge on any atom is -0.396 e. The van der Waals surface area contributed by atoms with Gasteiger partial charge in [0.1, 0.15) is 0 Å². The highest BCUT2D eigenvalue weighted by Gasteiger charge is 2.29. The van der Waals surface area contributed by atoms with Crippen LogP contribution in [0.25, 0.3) is 0 Å². The standard InChI is InChI=1S/C14H20BrNO3S/c1-10-6-7-14(12(15)8-10)20(18,19)16-13-5-3-2-4-11(13)9-17/h6-8,11,13,16-17H,2-5,9H2,1H3. The molecule has 0 radical (unpaired) electrons. The molecule has 6 heteroatoms. The van der Waals surface area contributed by atoms with Crippen LogP contribution >= 0.6 is 15.9 Å². The predicted octanol–water partition coefficient (Wildman–Crippen LogP) is 2.59. The van der Waals surface area contributed by atoms with Gasteiger partial charge in [-0.25, -0.2) is 13.1 Å². The van der Waals surface area contributed by atoms with E-state index >= 15 is 0 Å². The summed E-state index contributed by atoms with van der Waals surface area (Å²) in [7, 11) is -3.56. The zero-order valence-electron chi connectivity index (χ0n) is 11.5. The van der Waals surface area contributed by atoms with Crippen LogP contribution in [0.2, 0.25) is 0 Å². The first kappa shape index (κ1) is 15.9. The second-order valence-corrected chi connectivity index (χ2v) is 7.93. The monoisotopic (exact) mass is 361 g/mol. The van der Waals surface area contributed by atoms with E-state index in [9.17, 15) is 13.5 Å². The summed E-state index contributed by atoms with van der Waals surface area (Å²) in [6, 6.07) is 5.01. The van der Waals surface area contributed by atoms with Crippen molar-refractivity contribution in [2.24, 2.45) is 5.92 Å². The van der Waals surface area contributed by atoms with Crippen molar-refractivity contribution in [3.8, 4) is 0 Å². The summed E-state index contributed by atoms with van der Waals surface area (Å²) in [4.78, 5) is 0.255. The van der Waals surface area contributed by atoms with E-state index in [-0.39, 0.29) is 23.5 Å². The Kier molecular flexibility index (Phi) is 5.23. The minimum atomic E-state index is -3.56. The lowest BCUT2D eigenvalue weighted by atomic mass is 9.86. The summed E-state index contributed by atoms with van der Waals surface area (Å²) in [6.07, 6.45) is 3.71. The van der Waals surface area contributed by atoms with Gasteiger partial charge in [-0.3, -0.25) is 0 Å². The van der Waals surface area contributed by atoms with Crippen LogP contribution in [0.5, 0.6) is 0 Å². The Morgan fingerprint density at radius 2 is 2.05 bits per heavy atom. The highest BCUT2D eigenvalue weighted by Crippen LogP contribution is 2.28. The Morgan fingerprint density at radius 1 is 1.35 bits per heavy atom. The van der Waals surface area contributed by atoms with Crippen molar-refractivity contribution in [3.05, 3.63) is 28.2 Å². The van der Waals surface area contributed by atoms with Crippen molar-refractivity contribution in [2.45, 2.75) is 43.5 Å². The molecule has 0 bridgehead atoms. The Morgan fingerprint density at radius 3 is 2.70 bits per heavy atom. The number of halogens is 1. The maximum Gasteiger partial charge on any atom is 0.241 e. The molecule has 2 rings (SSSR count). The summed E-state index contributed by atoms with van der Waals surface area (Å²) >= 11 is 3.31. The normalized spacial score (nSPS) is 23.8. The predicted molar refractivity (Wildman–Crippen MR) is 82.0 cm³/mol. The molecule has 1 aromatic carbocycles. The van der Waals surface area contributed by atoms with Gasteiger partial charge in [-0.05, 0) is 59.3 Å². The summed E-state index contributed by atoms with van der Waals surface area (Å²) in [5, 5.41) is 9.38. The van der Waals surface area contributed by atoms with E-state index in [2.05, 4.69) is 20.7 Å². The van der Waals surface area contributed by atoms with Crippen molar-refractivity contribution in [1.29, 1.82) is 0 Å². The molecule has 1 saturated carbocycles. The van der Waals surface area contributed by atoms with Gasteiger partial charge in [0, 0.05) is 17.1 Å². The van der Waals surface area contributed by atoms with E-state index in [1.807, 2.05) is 6.92 Å². The molecule has 2 N–H and O–H groups in total. The van der Waals surface area contributed by atoms with E-state index in [0.29, 0.717) is 4.47 Å². The van der Waals surface area contributed by atoms with Crippen LogP contribution < -0.4 is 4.72 Å². The molecule has 0 saturated heterocycles. The molecule has 2 unspecified atom stereocenters. The zero-order valence-corrected chi connectivity index (χ0v) is 13.9. The van der Waals surface area contributed by atoms with Crippen LogP contribution in [-0.4, -0.2) is 26.2 Å². The quantitative estimate of drug-likeness (QED) is 0.865. The lowest BCUT2D eigenvalue weighted by Gasteiger charge is -2.30. The highest BCUT2D eigenvalue weighted by molar-refractivity contribution is 9.10. The van der Waals surface area contributed by atoms with E-state index < -0.39 is 10.0 Å². The van der Waals surface area contributed by atoms with Crippen molar-refractivity contribution >= 4 is 26.0 Å². The Balaban J connectivity index is 2.22. The second-order valence-electron chi connectivity index (χ2n) is 5.39. The Hall–Kier alpha value is -0.430. The smallest absolute Gasteiger partial charge is 0.241 e. The molecule has 1 fully saturated rings. The first-order chi connectivity index (χ1) is 9.44. The van der Waals surface area contributed by atoms with Gasteiger partial charge in [0.2, 0.25) is 10.0 Å². The van der Waals surface area contributed by atoms with E-state index in [1.165, 1.54) is 0 Å².